The first-order valence-electron chi connectivity index (χ1n) is 5.18. The van der Waals surface area contributed by atoms with Gasteiger partial charge in [0.05, 0.1) is 10.9 Å². The Morgan fingerprint density at radius 3 is 2.50 bits per heavy atom. The number of benzene rings is 1. The minimum atomic E-state index is -0.252. The molecule has 1 aromatic carbocycles. The van der Waals surface area contributed by atoms with E-state index >= 15 is 0 Å². The van der Waals surface area contributed by atoms with E-state index in [0.29, 0.717) is 16.7 Å². The zero-order chi connectivity index (χ0) is 11.9. The van der Waals surface area contributed by atoms with Crippen LogP contribution < -0.4 is 11.4 Å². The second kappa shape index (κ2) is 3.33. The molecule has 0 amide bonds. The SMILES string of the molecule is CC(C)(C)c1nc2ccccc2c(=O)n1N. The van der Waals surface area contributed by atoms with Gasteiger partial charge in [0.25, 0.3) is 5.56 Å². The van der Waals surface area contributed by atoms with Gasteiger partial charge in [-0.25, -0.2) is 9.66 Å². The predicted molar refractivity (Wildman–Crippen MR) is 64.9 cm³/mol. The average molecular weight is 217 g/mol. The summed E-state index contributed by atoms with van der Waals surface area (Å²) in [7, 11) is 0. The standard InChI is InChI=1S/C12H15N3O/c1-12(2,3)11-14-9-7-5-4-6-8(9)10(16)15(11)13/h4-7H,13H2,1-3H3. The first-order chi connectivity index (χ1) is 7.41. The number of hydrogen-bond donors (Lipinski definition) is 1. The van der Waals surface area contributed by atoms with Crippen molar-refractivity contribution in [1.82, 2.24) is 9.66 Å². The highest BCUT2D eigenvalue weighted by Gasteiger charge is 2.21. The molecule has 0 fully saturated rings. The van der Waals surface area contributed by atoms with Crippen molar-refractivity contribution in [1.29, 1.82) is 0 Å². The molecule has 1 heterocycles. The molecule has 0 unspecified atom stereocenters. The van der Waals surface area contributed by atoms with Crippen LogP contribution in [0.2, 0.25) is 0 Å². The van der Waals surface area contributed by atoms with Crippen molar-refractivity contribution >= 4 is 10.9 Å². The topological polar surface area (TPSA) is 60.9 Å². The molecule has 0 radical (unpaired) electrons. The van der Waals surface area contributed by atoms with Crippen LogP contribution in [0.15, 0.2) is 29.1 Å². The lowest BCUT2D eigenvalue weighted by Crippen LogP contribution is -2.36. The van der Waals surface area contributed by atoms with Gasteiger partial charge in [0, 0.05) is 5.41 Å². The van der Waals surface area contributed by atoms with Gasteiger partial charge < -0.3 is 5.84 Å². The fourth-order valence-electron chi connectivity index (χ4n) is 1.67. The van der Waals surface area contributed by atoms with E-state index in [4.69, 9.17) is 5.84 Å². The highest BCUT2D eigenvalue weighted by molar-refractivity contribution is 5.77. The van der Waals surface area contributed by atoms with Crippen molar-refractivity contribution < 1.29 is 0 Å². The number of fused-ring (bicyclic) bond motifs is 1. The van der Waals surface area contributed by atoms with E-state index in [1.165, 1.54) is 0 Å². The third-order valence-electron chi connectivity index (χ3n) is 2.48. The number of para-hydroxylation sites is 1. The minimum Gasteiger partial charge on any atom is -0.335 e. The molecule has 0 aliphatic carbocycles. The Morgan fingerprint density at radius 1 is 1.25 bits per heavy atom. The predicted octanol–water partition coefficient (Wildman–Crippen LogP) is 1.41. The molecular formula is C12H15N3O. The number of nitrogens with zero attached hydrogens (tertiary/aromatic N) is 2. The van der Waals surface area contributed by atoms with E-state index in [9.17, 15) is 4.79 Å². The zero-order valence-electron chi connectivity index (χ0n) is 9.69. The van der Waals surface area contributed by atoms with E-state index in [2.05, 4.69) is 4.98 Å². The summed E-state index contributed by atoms with van der Waals surface area (Å²) in [5.74, 6) is 6.37. The Labute approximate surface area is 93.7 Å². The fourth-order valence-corrected chi connectivity index (χ4v) is 1.67. The number of hydrogen-bond acceptors (Lipinski definition) is 3. The maximum Gasteiger partial charge on any atom is 0.279 e. The van der Waals surface area contributed by atoms with Gasteiger partial charge >= 0.3 is 0 Å². The third kappa shape index (κ3) is 1.56. The molecule has 16 heavy (non-hydrogen) atoms. The lowest BCUT2D eigenvalue weighted by atomic mass is 9.95. The van der Waals surface area contributed by atoms with Gasteiger partial charge in [0.15, 0.2) is 0 Å². The Hall–Kier alpha value is -1.84. The molecule has 0 bridgehead atoms. The Bertz CT molecular complexity index is 593. The first-order valence-corrected chi connectivity index (χ1v) is 5.18. The molecule has 2 N–H and O–H groups in total. The van der Waals surface area contributed by atoms with Crippen molar-refractivity contribution in [2.24, 2.45) is 0 Å². The van der Waals surface area contributed by atoms with Crippen molar-refractivity contribution in [3.63, 3.8) is 0 Å². The highest BCUT2D eigenvalue weighted by atomic mass is 16.1. The second-order valence-corrected chi connectivity index (χ2v) is 4.88. The van der Waals surface area contributed by atoms with Crippen LogP contribution >= 0.6 is 0 Å². The Balaban J connectivity index is 2.90. The number of nitrogens with two attached hydrogens (primary N) is 1. The molecular weight excluding hydrogens is 202 g/mol. The summed E-state index contributed by atoms with van der Waals surface area (Å²) in [6.45, 7) is 5.94. The lowest BCUT2D eigenvalue weighted by Gasteiger charge is -2.20. The molecule has 0 saturated carbocycles. The summed E-state index contributed by atoms with van der Waals surface area (Å²) in [5, 5.41) is 0.554. The number of nitrogen functional groups attached to an aromatic ring is 1. The van der Waals surface area contributed by atoms with Crippen LogP contribution in [0.25, 0.3) is 10.9 Å². The molecule has 0 atom stereocenters. The van der Waals surface area contributed by atoms with Crippen LogP contribution in [0.4, 0.5) is 0 Å². The van der Waals surface area contributed by atoms with E-state index in [1.807, 2.05) is 39.0 Å². The molecule has 4 nitrogen and oxygen atoms in total. The quantitative estimate of drug-likeness (QED) is 0.679. The molecule has 0 spiro atoms. The lowest BCUT2D eigenvalue weighted by molar-refractivity contribution is 0.519. The number of rotatable bonds is 0. The van der Waals surface area contributed by atoms with Crippen LogP contribution in [0.5, 0.6) is 0 Å². The van der Waals surface area contributed by atoms with E-state index in [1.54, 1.807) is 6.07 Å². The number of aromatic nitrogens is 2. The van der Waals surface area contributed by atoms with Crippen molar-refractivity contribution in [3.05, 3.63) is 40.4 Å². The summed E-state index contributed by atoms with van der Waals surface area (Å²) < 4.78 is 1.14. The second-order valence-electron chi connectivity index (χ2n) is 4.88. The normalized spacial score (nSPS) is 11.9. The van der Waals surface area contributed by atoms with Crippen LogP contribution in [0.3, 0.4) is 0 Å². The van der Waals surface area contributed by atoms with E-state index in [-0.39, 0.29) is 11.0 Å². The minimum absolute atomic E-state index is 0.199. The molecule has 1 aromatic heterocycles. The molecule has 0 aliphatic heterocycles. The van der Waals surface area contributed by atoms with E-state index in [0.717, 1.165) is 4.68 Å². The summed E-state index contributed by atoms with van der Waals surface area (Å²) in [5.41, 5.74) is 0.243. The Morgan fingerprint density at radius 2 is 1.88 bits per heavy atom. The maximum absolute atomic E-state index is 12.0. The monoisotopic (exact) mass is 217 g/mol. The van der Waals surface area contributed by atoms with Gasteiger partial charge in [-0.2, -0.15) is 0 Å². The third-order valence-corrected chi connectivity index (χ3v) is 2.48. The zero-order valence-corrected chi connectivity index (χ0v) is 9.69. The van der Waals surface area contributed by atoms with Crippen molar-refractivity contribution in [2.75, 3.05) is 5.84 Å². The molecule has 4 heteroatoms. The summed E-state index contributed by atoms with van der Waals surface area (Å²) >= 11 is 0. The average Bonchev–Trinajstić information content (AvgIpc) is 2.22. The van der Waals surface area contributed by atoms with Gasteiger partial charge in [-0.05, 0) is 12.1 Å². The summed E-state index contributed by atoms with van der Waals surface area (Å²) in [6.07, 6.45) is 0. The molecule has 84 valence electrons. The van der Waals surface area contributed by atoms with Crippen LogP contribution in [-0.4, -0.2) is 9.66 Å². The van der Waals surface area contributed by atoms with Gasteiger partial charge in [-0.3, -0.25) is 4.79 Å². The highest BCUT2D eigenvalue weighted by Crippen LogP contribution is 2.19. The first kappa shape index (κ1) is 10.7. The summed E-state index contributed by atoms with van der Waals surface area (Å²) in [6, 6.07) is 7.23. The molecule has 0 saturated heterocycles. The summed E-state index contributed by atoms with van der Waals surface area (Å²) in [4.78, 5) is 16.4. The Kier molecular flexibility index (Phi) is 2.22. The van der Waals surface area contributed by atoms with Crippen LogP contribution in [0.1, 0.15) is 26.6 Å². The maximum atomic E-state index is 12.0. The van der Waals surface area contributed by atoms with Crippen LogP contribution in [0, 0.1) is 0 Å². The van der Waals surface area contributed by atoms with Gasteiger partial charge in [-0.1, -0.05) is 32.9 Å². The molecule has 0 aliphatic rings. The van der Waals surface area contributed by atoms with Gasteiger partial charge in [0.2, 0.25) is 0 Å². The smallest absolute Gasteiger partial charge is 0.279 e. The van der Waals surface area contributed by atoms with Crippen LogP contribution in [-0.2, 0) is 5.41 Å². The van der Waals surface area contributed by atoms with Crippen molar-refractivity contribution in [2.45, 2.75) is 26.2 Å². The molecule has 2 rings (SSSR count). The van der Waals surface area contributed by atoms with Crippen molar-refractivity contribution in [3.8, 4) is 0 Å². The van der Waals surface area contributed by atoms with Gasteiger partial charge in [0.1, 0.15) is 5.82 Å². The van der Waals surface area contributed by atoms with Gasteiger partial charge in [-0.15, -0.1) is 0 Å². The fraction of sp³-hybridized carbons (Fsp3) is 0.333. The largest absolute Gasteiger partial charge is 0.335 e. The van der Waals surface area contributed by atoms with E-state index < -0.39 is 0 Å². The molecule has 2 aromatic rings.